The highest BCUT2D eigenvalue weighted by atomic mass is 19.2. The van der Waals surface area contributed by atoms with Gasteiger partial charge in [0.25, 0.3) is 5.91 Å². The number of rotatable bonds is 15. The molecule has 246 valence electrons. The number of nitrogens with two attached hydrogens (primary N) is 3. The van der Waals surface area contributed by atoms with Gasteiger partial charge in [-0.1, -0.05) is 6.92 Å². The first-order chi connectivity index (χ1) is 22.6. The number of hydrogen-bond donors (Lipinski definition) is 6. The second kappa shape index (κ2) is 16.0. The molecule has 47 heavy (non-hydrogen) atoms. The maximum absolute atomic E-state index is 15.0. The number of nitrogens with one attached hydrogen (secondary N) is 3. The van der Waals surface area contributed by atoms with Crippen molar-refractivity contribution in [2.24, 2.45) is 22.2 Å². The summed E-state index contributed by atoms with van der Waals surface area (Å²) in [6.45, 7) is 2.27. The van der Waals surface area contributed by atoms with E-state index >= 15 is 0 Å². The Hall–Kier alpha value is -5.82. The van der Waals surface area contributed by atoms with Crippen molar-refractivity contribution < 1.29 is 23.1 Å². The third kappa shape index (κ3) is 8.47. The van der Waals surface area contributed by atoms with Crippen molar-refractivity contribution in [2.45, 2.75) is 32.2 Å². The van der Waals surface area contributed by atoms with Crippen molar-refractivity contribution in [3.8, 4) is 23.1 Å². The van der Waals surface area contributed by atoms with Crippen molar-refractivity contribution >= 4 is 34.9 Å². The van der Waals surface area contributed by atoms with E-state index in [1.807, 2.05) is 13.0 Å². The van der Waals surface area contributed by atoms with E-state index in [-0.39, 0.29) is 47.9 Å². The van der Waals surface area contributed by atoms with Gasteiger partial charge in [0.2, 0.25) is 11.7 Å². The molecule has 1 unspecified atom stereocenters. The van der Waals surface area contributed by atoms with Crippen LogP contribution in [0, 0.1) is 23.0 Å². The first-order valence-corrected chi connectivity index (χ1v) is 14.7. The molecule has 2 heterocycles. The molecule has 2 amide bonds. The third-order valence-corrected chi connectivity index (χ3v) is 7.05. The summed E-state index contributed by atoms with van der Waals surface area (Å²) in [6, 6.07) is 8.79. The van der Waals surface area contributed by atoms with Gasteiger partial charge < -0.3 is 37.9 Å². The van der Waals surface area contributed by atoms with Crippen LogP contribution in [0.5, 0.6) is 5.75 Å². The Bertz CT molecular complexity index is 1820. The van der Waals surface area contributed by atoms with Gasteiger partial charge in [-0.05, 0) is 55.2 Å². The number of ether oxygens (including phenoxy) is 1. The van der Waals surface area contributed by atoms with Gasteiger partial charge in [-0.15, -0.1) is 0 Å². The third-order valence-electron chi connectivity index (χ3n) is 7.05. The fourth-order valence-electron chi connectivity index (χ4n) is 4.72. The van der Waals surface area contributed by atoms with Gasteiger partial charge in [-0.25, -0.2) is 14.4 Å². The summed E-state index contributed by atoms with van der Waals surface area (Å²) in [6.07, 6.45) is 5.96. The molecule has 1 atom stereocenters. The van der Waals surface area contributed by atoms with Crippen LogP contribution in [-0.4, -0.2) is 64.4 Å². The number of anilines is 2. The highest BCUT2D eigenvalue weighted by Crippen LogP contribution is 2.32. The second-order valence-corrected chi connectivity index (χ2v) is 10.3. The molecule has 0 radical (unpaired) electrons. The average Bonchev–Trinajstić information content (AvgIpc) is 3.50. The minimum Gasteiger partial charge on any atom is -0.476 e. The number of guanidine groups is 1. The van der Waals surface area contributed by atoms with Crippen LogP contribution in [0.4, 0.5) is 20.3 Å². The average molecular weight is 648 g/mol. The molecule has 0 spiro atoms. The number of nitriles is 1. The van der Waals surface area contributed by atoms with Gasteiger partial charge in [0, 0.05) is 48.8 Å². The molecule has 0 aliphatic heterocycles. The number of amides is 2. The SMILES string of the molecule is CCc1cc(Nc2nccn3c(-c4ccc(OCC#N)c(F)c4F)cnc23)ccc1C(=O)NCCNC(=O)C(N)CCCN=C(N)N. The van der Waals surface area contributed by atoms with Crippen LogP contribution in [0.15, 0.2) is 53.9 Å². The summed E-state index contributed by atoms with van der Waals surface area (Å²) < 4.78 is 36.1. The lowest BCUT2D eigenvalue weighted by Gasteiger charge is -2.14. The highest BCUT2D eigenvalue weighted by molar-refractivity contribution is 5.96. The first-order valence-electron chi connectivity index (χ1n) is 14.7. The monoisotopic (exact) mass is 647 g/mol. The summed E-state index contributed by atoms with van der Waals surface area (Å²) in [5, 5.41) is 17.3. The number of carbonyl (C=O) groups is 2. The molecule has 0 saturated heterocycles. The Morgan fingerprint density at radius 1 is 1.13 bits per heavy atom. The van der Waals surface area contributed by atoms with Crippen LogP contribution >= 0.6 is 0 Å². The largest absolute Gasteiger partial charge is 0.476 e. The number of hydrogen-bond acceptors (Lipinski definition) is 9. The number of fused-ring (bicyclic) bond motifs is 1. The van der Waals surface area contributed by atoms with Crippen molar-refractivity contribution in [1.82, 2.24) is 25.0 Å². The van der Waals surface area contributed by atoms with Gasteiger partial charge in [0.1, 0.15) is 6.07 Å². The highest BCUT2D eigenvalue weighted by Gasteiger charge is 2.20. The molecule has 14 nitrogen and oxygen atoms in total. The van der Waals surface area contributed by atoms with E-state index in [2.05, 4.69) is 30.9 Å². The maximum atomic E-state index is 15.0. The fraction of sp³-hybridized carbons (Fsp3) is 0.290. The Balaban J connectivity index is 1.39. The number of aromatic nitrogens is 3. The van der Waals surface area contributed by atoms with Gasteiger partial charge >= 0.3 is 0 Å². The predicted octanol–water partition coefficient (Wildman–Crippen LogP) is 2.11. The van der Waals surface area contributed by atoms with Gasteiger partial charge in [-0.3, -0.25) is 19.0 Å². The number of imidazole rings is 1. The van der Waals surface area contributed by atoms with E-state index in [1.54, 1.807) is 28.8 Å². The molecule has 0 saturated carbocycles. The Morgan fingerprint density at radius 3 is 2.66 bits per heavy atom. The molecular formula is C31H35F2N11O3. The van der Waals surface area contributed by atoms with Crippen LogP contribution in [0.3, 0.4) is 0 Å². The van der Waals surface area contributed by atoms with Crippen LogP contribution in [0.1, 0.15) is 35.7 Å². The molecule has 2 aromatic carbocycles. The summed E-state index contributed by atoms with van der Waals surface area (Å²) in [4.78, 5) is 37.7. The predicted molar refractivity (Wildman–Crippen MR) is 172 cm³/mol. The fourth-order valence-corrected chi connectivity index (χ4v) is 4.72. The first kappa shape index (κ1) is 34.1. The van der Waals surface area contributed by atoms with Crippen molar-refractivity contribution in [3.05, 3.63) is 71.7 Å². The smallest absolute Gasteiger partial charge is 0.251 e. The molecule has 9 N–H and O–H groups in total. The van der Waals surface area contributed by atoms with E-state index < -0.39 is 24.3 Å². The Labute approximate surface area is 269 Å². The van der Waals surface area contributed by atoms with Crippen molar-refractivity contribution in [1.29, 1.82) is 5.26 Å². The maximum Gasteiger partial charge on any atom is 0.251 e. The molecule has 2 aromatic heterocycles. The lowest BCUT2D eigenvalue weighted by atomic mass is 10.0. The molecular weight excluding hydrogens is 612 g/mol. The van der Waals surface area contributed by atoms with Gasteiger partial charge in [-0.2, -0.15) is 9.65 Å². The van der Waals surface area contributed by atoms with E-state index in [9.17, 15) is 18.4 Å². The van der Waals surface area contributed by atoms with Crippen molar-refractivity contribution in [3.63, 3.8) is 0 Å². The van der Waals surface area contributed by atoms with Crippen LogP contribution < -0.4 is 37.9 Å². The zero-order valence-electron chi connectivity index (χ0n) is 25.6. The topological polar surface area (TPSA) is 224 Å². The molecule has 4 rings (SSSR count). The van der Waals surface area contributed by atoms with Crippen molar-refractivity contribution in [2.75, 3.05) is 31.6 Å². The molecule has 0 bridgehead atoms. The number of benzene rings is 2. The number of halogens is 2. The quantitative estimate of drug-likeness (QED) is 0.0626. The summed E-state index contributed by atoms with van der Waals surface area (Å²) >= 11 is 0. The Kier molecular flexibility index (Phi) is 11.6. The number of carbonyl (C=O) groups excluding carboxylic acids is 2. The second-order valence-electron chi connectivity index (χ2n) is 10.3. The number of aliphatic imine (C=N–C) groups is 1. The lowest BCUT2D eigenvalue weighted by Crippen LogP contribution is -2.43. The molecule has 4 aromatic rings. The molecule has 16 heteroatoms. The molecule has 0 aliphatic rings. The molecule has 0 aliphatic carbocycles. The van der Waals surface area contributed by atoms with E-state index in [0.29, 0.717) is 48.5 Å². The standard InChI is InChI=1S/C31H35F2N11O3/c1-2-18-16-19(5-6-20(18)29(45)39-11-12-40-30(46)22(35)4-3-10-41-31(36)37)43-27-28-42-17-23(44(28)14-13-38-27)21-7-8-24(47-15-9-34)26(33)25(21)32/h5-8,13-14,16-17,22H,2-4,10-12,15,35H2,1H3,(H,38,43)(H,39,45)(H,40,46)(H4,36,37,41). The minimum absolute atomic E-state index is 0.0165. The summed E-state index contributed by atoms with van der Waals surface area (Å²) in [5.41, 5.74) is 18.9. The zero-order chi connectivity index (χ0) is 33.9. The lowest BCUT2D eigenvalue weighted by molar-refractivity contribution is -0.122. The van der Waals surface area contributed by atoms with E-state index in [0.717, 1.165) is 5.56 Å². The summed E-state index contributed by atoms with van der Waals surface area (Å²) in [5.74, 6) is -3.03. The van der Waals surface area contributed by atoms with E-state index in [4.69, 9.17) is 27.2 Å². The number of aryl methyl sites for hydroxylation is 1. The zero-order valence-corrected chi connectivity index (χ0v) is 25.6. The normalized spacial score (nSPS) is 11.4. The van der Waals surface area contributed by atoms with Gasteiger partial charge in [0.15, 0.2) is 35.6 Å². The van der Waals surface area contributed by atoms with Crippen LogP contribution in [0.2, 0.25) is 0 Å². The molecule has 0 fully saturated rings. The summed E-state index contributed by atoms with van der Waals surface area (Å²) in [7, 11) is 0. The van der Waals surface area contributed by atoms with E-state index in [1.165, 1.54) is 24.5 Å². The van der Waals surface area contributed by atoms with Crippen LogP contribution in [0.25, 0.3) is 16.9 Å². The minimum atomic E-state index is -1.21. The van der Waals surface area contributed by atoms with Gasteiger partial charge in [0.05, 0.1) is 17.9 Å². The Morgan fingerprint density at radius 2 is 1.91 bits per heavy atom. The number of nitrogens with zero attached hydrogens (tertiary/aromatic N) is 5. The van der Waals surface area contributed by atoms with Crippen LogP contribution in [-0.2, 0) is 11.2 Å².